The van der Waals surface area contributed by atoms with Gasteiger partial charge in [0.15, 0.2) is 0 Å². The molecular formula is C20H30N2O5S. The standard InChI is InChI=1S/C20H30N2O5S/c1-4-9-21(12(2)3)18(25)16-20-8-7-13(28-20)14(19(26)27)15(20)17(24)22(16)10-5-6-11-23/h4,12-16,23H,1,5-11H2,2-3H3,(H,26,27)/t13-,14+,15+,16?,20?/m1/s1. The lowest BCUT2D eigenvalue weighted by Crippen LogP contribution is -2.56. The van der Waals surface area contributed by atoms with Gasteiger partial charge in [-0.3, -0.25) is 14.4 Å². The third kappa shape index (κ3) is 3.14. The lowest BCUT2D eigenvalue weighted by molar-refractivity contribution is -0.148. The van der Waals surface area contributed by atoms with Crippen LogP contribution in [0.1, 0.15) is 39.5 Å². The first-order valence-electron chi connectivity index (χ1n) is 10.0. The summed E-state index contributed by atoms with van der Waals surface area (Å²) >= 11 is 1.55. The average molecular weight is 411 g/mol. The van der Waals surface area contributed by atoms with E-state index in [9.17, 15) is 19.5 Å². The van der Waals surface area contributed by atoms with Gasteiger partial charge in [0.1, 0.15) is 6.04 Å². The first-order chi connectivity index (χ1) is 13.3. The molecule has 0 aromatic heterocycles. The van der Waals surface area contributed by atoms with Gasteiger partial charge >= 0.3 is 5.97 Å². The molecule has 3 fully saturated rings. The molecule has 2 bridgehead atoms. The molecule has 0 radical (unpaired) electrons. The van der Waals surface area contributed by atoms with Crippen molar-refractivity contribution >= 4 is 29.5 Å². The van der Waals surface area contributed by atoms with Crippen LogP contribution in [0.2, 0.25) is 0 Å². The van der Waals surface area contributed by atoms with Gasteiger partial charge in [0.25, 0.3) is 0 Å². The molecule has 2 N–H and O–H groups in total. The smallest absolute Gasteiger partial charge is 0.308 e. The van der Waals surface area contributed by atoms with Crippen LogP contribution in [-0.4, -0.2) is 79.6 Å². The molecule has 3 heterocycles. The number of carboxylic acids is 1. The normalized spacial score (nSPS) is 33.4. The molecular weight excluding hydrogens is 380 g/mol. The van der Waals surface area contributed by atoms with Crippen LogP contribution in [-0.2, 0) is 14.4 Å². The fraction of sp³-hybridized carbons (Fsp3) is 0.750. The van der Waals surface area contributed by atoms with Crippen LogP contribution in [0.3, 0.4) is 0 Å². The molecule has 2 unspecified atom stereocenters. The number of carboxylic acid groups (broad SMARTS) is 1. The van der Waals surface area contributed by atoms with Crippen molar-refractivity contribution in [2.24, 2.45) is 11.8 Å². The Morgan fingerprint density at radius 2 is 2.14 bits per heavy atom. The molecule has 3 rings (SSSR count). The molecule has 3 aliphatic rings. The van der Waals surface area contributed by atoms with Gasteiger partial charge in [0.2, 0.25) is 11.8 Å². The van der Waals surface area contributed by atoms with Crippen molar-refractivity contribution in [2.75, 3.05) is 19.7 Å². The van der Waals surface area contributed by atoms with Crippen LogP contribution in [0.15, 0.2) is 12.7 Å². The average Bonchev–Trinajstić information content (AvgIpc) is 3.27. The van der Waals surface area contributed by atoms with Crippen molar-refractivity contribution in [1.82, 2.24) is 9.80 Å². The van der Waals surface area contributed by atoms with E-state index in [1.165, 1.54) is 0 Å². The van der Waals surface area contributed by atoms with Crippen LogP contribution in [0.25, 0.3) is 0 Å². The van der Waals surface area contributed by atoms with E-state index >= 15 is 0 Å². The number of aliphatic hydroxyl groups is 1. The summed E-state index contributed by atoms with van der Waals surface area (Å²) in [6.45, 7) is 8.40. The van der Waals surface area contributed by atoms with Crippen LogP contribution in [0, 0.1) is 11.8 Å². The summed E-state index contributed by atoms with van der Waals surface area (Å²) in [5.74, 6) is -2.63. The van der Waals surface area contributed by atoms with Crippen LogP contribution < -0.4 is 0 Å². The van der Waals surface area contributed by atoms with E-state index in [-0.39, 0.29) is 29.7 Å². The molecule has 0 saturated carbocycles. The van der Waals surface area contributed by atoms with Crippen molar-refractivity contribution in [3.8, 4) is 0 Å². The fourth-order valence-electron chi connectivity index (χ4n) is 5.20. The topological polar surface area (TPSA) is 98.2 Å². The Labute approximate surface area is 170 Å². The van der Waals surface area contributed by atoms with Gasteiger partial charge in [0, 0.05) is 31.0 Å². The highest BCUT2D eigenvalue weighted by Crippen LogP contribution is 2.66. The van der Waals surface area contributed by atoms with Gasteiger partial charge in [-0.1, -0.05) is 6.08 Å². The number of aliphatic hydroxyl groups excluding tert-OH is 1. The monoisotopic (exact) mass is 410 g/mol. The lowest BCUT2D eigenvalue weighted by atomic mass is 9.71. The van der Waals surface area contributed by atoms with Gasteiger partial charge in [-0.25, -0.2) is 0 Å². The highest BCUT2D eigenvalue weighted by molar-refractivity contribution is 8.02. The molecule has 1 spiro atoms. The molecule has 0 aromatic rings. The third-order valence-electron chi connectivity index (χ3n) is 6.36. The van der Waals surface area contributed by atoms with Crippen molar-refractivity contribution in [3.63, 3.8) is 0 Å². The summed E-state index contributed by atoms with van der Waals surface area (Å²) < 4.78 is -0.657. The van der Waals surface area contributed by atoms with E-state index in [2.05, 4.69) is 6.58 Å². The van der Waals surface area contributed by atoms with E-state index in [1.54, 1.807) is 27.6 Å². The van der Waals surface area contributed by atoms with Crippen molar-refractivity contribution in [2.45, 2.75) is 61.6 Å². The maximum Gasteiger partial charge on any atom is 0.308 e. The summed E-state index contributed by atoms with van der Waals surface area (Å²) in [4.78, 5) is 42.3. The largest absolute Gasteiger partial charge is 0.481 e. The number of fused-ring (bicyclic) bond motifs is 1. The maximum atomic E-state index is 13.6. The zero-order valence-corrected chi connectivity index (χ0v) is 17.4. The first kappa shape index (κ1) is 21.2. The number of likely N-dealkylation sites (tertiary alicyclic amines) is 1. The lowest BCUT2D eigenvalue weighted by Gasteiger charge is -2.38. The molecule has 28 heavy (non-hydrogen) atoms. The van der Waals surface area contributed by atoms with Crippen LogP contribution in [0.5, 0.6) is 0 Å². The Kier molecular flexibility index (Phi) is 6.10. The number of unbranched alkanes of at least 4 members (excludes halogenated alkanes) is 1. The molecule has 0 aromatic carbocycles. The quantitative estimate of drug-likeness (QED) is 0.440. The number of aliphatic carboxylic acids is 1. The molecule has 5 atom stereocenters. The van der Waals surface area contributed by atoms with E-state index in [4.69, 9.17) is 5.11 Å². The van der Waals surface area contributed by atoms with Gasteiger partial charge in [-0.05, 0) is 39.5 Å². The Hall–Kier alpha value is -1.54. The summed E-state index contributed by atoms with van der Waals surface area (Å²) in [5.41, 5.74) is 0. The van der Waals surface area contributed by atoms with Gasteiger partial charge in [-0.15, -0.1) is 18.3 Å². The fourth-order valence-corrected chi connectivity index (χ4v) is 7.41. The number of rotatable bonds is 9. The number of carbonyl (C=O) groups is 3. The molecule has 2 amide bonds. The Morgan fingerprint density at radius 3 is 2.71 bits per heavy atom. The van der Waals surface area contributed by atoms with Crippen LogP contribution in [0.4, 0.5) is 0 Å². The molecule has 7 nitrogen and oxygen atoms in total. The van der Waals surface area contributed by atoms with E-state index < -0.39 is 28.6 Å². The highest BCUT2D eigenvalue weighted by Gasteiger charge is 2.73. The number of carbonyl (C=O) groups excluding carboxylic acids is 2. The second-order valence-electron chi connectivity index (χ2n) is 8.23. The van der Waals surface area contributed by atoms with Crippen molar-refractivity contribution in [3.05, 3.63) is 12.7 Å². The van der Waals surface area contributed by atoms with Crippen molar-refractivity contribution < 1.29 is 24.6 Å². The highest BCUT2D eigenvalue weighted by atomic mass is 32.2. The number of nitrogens with zero attached hydrogens (tertiary/aromatic N) is 2. The Morgan fingerprint density at radius 1 is 1.43 bits per heavy atom. The van der Waals surface area contributed by atoms with Gasteiger partial charge in [-0.2, -0.15) is 0 Å². The molecule has 8 heteroatoms. The van der Waals surface area contributed by atoms with Gasteiger partial charge in [0.05, 0.1) is 16.6 Å². The summed E-state index contributed by atoms with van der Waals surface area (Å²) in [5, 5.41) is 18.8. The minimum Gasteiger partial charge on any atom is -0.481 e. The Bertz CT molecular complexity index is 669. The Balaban J connectivity index is 2.00. The summed E-state index contributed by atoms with van der Waals surface area (Å²) in [6, 6.07) is -0.695. The minimum absolute atomic E-state index is 0.0262. The summed E-state index contributed by atoms with van der Waals surface area (Å²) in [7, 11) is 0. The summed E-state index contributed by atoms with van der Waals surface area (Å²) in [6.07, 6.45) is 4.22. The zero-order chi connectivity index (χ0) is 20.6. The first-order valence-corrected chi connectivity index (χ1v) is 10.9. The second kappa shape index (κ2) is 8.06. The maximum absolute atomic E-state index is 13.6. The van der Waals surface area contributed by atoms with E-state index in [0.717, 1.165) is 6.42 Å². The number of hydrogen-bond donors (Lipinski definition) is 2. The van der Waals surface area contributed by atoms with Crippen LogP contribution >= 0.6 is 11.8 Å². The van der Waals surface area contributed by atoms with Crippen molar-refractivity contribution in [1.29, 1.82) is 0 Å². The second-order valence-corrected chi connectivity index (χ2v) is 9.83. The molecule has 3 aliphatic heterocycles. The van der Waals surface area contributed by atoms with E-state index in [0.29, 0.717) is 32.4 Å². The molecule has 156 valence electrons. The SMILES string of the molecule is C=CCN(C(=O)C1N(CCCCO)C(=O)[C@@H]2[C@@H](C(=O)O)[C@H]3CCC12S3)C(C)C. The number of amides is 2. The minimum atomic E-state index is -0.937. The predicted octanol–water partition coefficient (Wildman–Crippen LogP) is 1.36. The zero-order valence-electron chi connectivity index (χ0n) is 16.5. The van der Waals surface area contributed by atoms with E-state index in [1.807, 2.05) is 13.8 Å². The number of thioether (sulfide) groups is 1. The molecule has 3 saturated heterocycles. The predicted molar refractivity (Wildman–Crippen MR) is 107 cm³/mol. The van der Waals surface area contributed by atoms with Gasteiger partial charge < -0.3 is 20.0 Å². The number of hydrogen-bond acceptors (Lipinski definition) is 5. The molecule has 0 aliphatic carbocycles. The third-order valence-corrected chi connectivity index (χ3v) is 8.31.